The first kappa shape index (κ1) is 13.8. The van der Waals surface area contributed by atoms with Crippen molar-refractivity contribution in [3.05, 3.63) is 58.7 Å². The normalized spacial score (nSPS) is 10.7. The fraction of sp³-hybridized carbons (Fsp3) is 0.333. The van der Waals surface area contributed by atoms with Crippen molar-refractivity contribution in [2.45, 2.75) is 40.2 Å². The average molecular weight is 253 g/mol. The van der Waals surface area contributed by atoms with E-state index < -0.39 is 0 Å². The summed E-state index contributed by atoms with van der Waals surface area (Å²) >= 11 is 0. The molecule has 0 amide bonds. The smallest absolute Gasteiger partial charge is 0.0178 e. The van der Waals surface area contributed by atoms with Gasteiger partial charge in [0.15, 0.2) is 0 Å². The summed E-state index contributed by atoms with van der Waals surface area (Å²) in [5.74, 6) is 0. The van der Waals surface area contributed by atoms with E-state index >= 15 is 0 Å². The van der Waals surface area contributed by atoms with Crippen LogP contribution in [0.15, 0.2) is 36.4 Å². The molecule has 2 aromatic carbocycles. The van der Waals surface area contributed by atoms with Gasteiger partial charge < -0.3 is 5.73 Å². The minimum atomic E-state index is 0.607. The van der Waals surface area contributed by atoms with Gasteiger partial charge in [0, 0.05) is 6.54 Å². The molecule has 0 aromatic heterocycles. The van der Waals surface area contributed by atoms with Crippen LogP contribution in [0.1, 0.15) is 36.1 Å². The van der Waals surface area contributed by atoms with Gasteiger partial charge in [-0.2, -0.15) is 0 Å². The van der Waals surface area contributed by atoms with E-state index in [1.165, 1.54) is 33.4 Å². The summed E-state index contributed by atoms with van der Waals surface area (Å²) in [6, 6.07) is 13.4. The highest BCUT2D eigenvalue weighted by Gasteiger charge is 2.06. The molecule has 0 aliphatic carbocycles. The van der Waals surface area contributed by atoms with Gasteiger partial charge in [-0.3, -0.25) is 0 Å². The number of hydrogen-bond donors (Lipinski definition) is 1. The van der Waals surface area contributed by atoms with E-state index in [0.717, 1.165) is 12.8 Å². The second-order valence-corrected chi connectivity index (χ2v) is 5.04. The molecule has 0 aliphatic heterocycles. The summed E-state index contributed by atoms with van der Waals surface area (Å²) in [5.41, 5.74) is 13.7. The van der Waals surface area contributed by atoms with Gasteiger partial charge in [0.25, 0.3) is 0 Å². The van der Waals surface area contributed by atoms with Crippen LogP contribution >= 0.6 is 0 Å². The van der Waals surface area contributed by atoms with Crippen LogP contribution < -0.4 is 5.73 Å². The van der Waals surface area contributed by atoms with Gasteiger partial charge in [-0.1, -0.05) is 50.2 Å². The molecule has 0 fully saturated rings. The molecule has 2 rings (SSSR count). The van der Waals surface area contributed by atoms with Crippen LogP contribution in [0.3, 0.4) is 0 Å². The van der Waals surface area contributed by atoms with Gasteiger partial charge in [-0.05, 0) is 53.1 Å². The van der Waals surface area contributed by atoms with Crippen molar-refractivity contribution >= 4 is 0 Å². The van der Waals surface area contributed by atoms with E-state index in [1.54, 1.807) is 0 Å². The number of benzene rings is 2. The maximum Gasteiger partial charge on any atom is 0.0178 e. The minimum absolute atomic E-state index is 0.607. The highest BCUT2D eigenvalue weighted by atomic mass is 14.5. The van der Waals surface area contributed by atoms with Crippen LogP contribution in [0.25, 0.3) is 11.1 Å². The monoisotopic (exact) mass is 253 g/mol. The predicted molar refractivity (Wildman–Crippen MR) is 83.3 cm³/mol. The molecule has 0 radical (unpaired) electrons. The van der Waals surface area contributed by atoms with Gasteiger partial charge in [-0.15, -0.1) is 0 Å². The Bertz CT molecular complexity index is 570. The Morgan fingerprint density at radius 2 is 1.63 bits per heavy atom. The second kappa shape index (κ2) is 6.03. The summed E-state index contributed by atoms with van der Waals surface area (Å²) in [7, 11) is 0. The lowest BCUT2D eigenvalue weighted by atomic mass is 9.93. The van der Waals surface area contributed by atoms with Gasteiger partial charge in [0.1, 0.15) is 0 Å². The fourth-order valence-corrected chi connectivity index (χ4v) is 2.64. The zero-order valence-electron chi connectivity index (χ0n) is 12.2. The largest absolute Gasteiger partial charge is 0.326 e. The molecule has 19 heavy (non-hydrogen) atoms. The first-order chi connectivity index (χ1) is 9.19. The molecule has 0 aliphatic rings. The number of rotatable bonds is 4. The first-order valence-corrected chi connectivity index (χ1v) is 7.11. The molecule has 0 atom stereocenters. The second-order valence-electron chi connectivity index (χ2n) is 5.04. The van der Waals surface area contributed by atoms with E-state index in [9.17, 15) is 0 Å². The highest BCUT2D eigenvalue weighted by molar-refractivity contribution is 5.68. The van der Waals surface area contributed by atoms with Gasteiger partial charge in [0.2, 0.25) is 0 Å². The van der Waals surface area contributed by atoms with E-state index in [4.69, 9.17) is 5.73 Å². The van der Waals surface area contributed by atoms with Crippen molar-refractivity contribution in [2.24, 2.45) is 5.73 Å². The molecule has 1 heteroatoms. The number of nitrogens with two attached hydrogens (primary N) is 1. The summed E-state index contributed by atoms with van der Waals surface area (Å²) in [6.45, 7) is 7.21. The van der Waals surface area contributed by atoms with Crippen LogP contribution in [0.2, 0.25) is 0 Å². The van der Waals surface area contributed by atoms with Crippen LogP contribution in [-0.4, -0.2) is 0 Å². The van der Waals surface area contributed by atoms with Crippen molar-refractivity contribution in [3.8, 4) is 11.1 Å². The molecule has 0 saturated heterocycles. The highest BCUT2D eigenvalue weighted by Crippen LogP contribution is 2.27. The molecule has 0 bridgehead atoms. The van der Waals surface area contributed by atoms with Gasteiger partial charge in [0.05, 0.1) is 0 Å². The van der Waals surface area contributed by atoms with Crippen LogP contribution in [0.4, 0.5) is 0 Å². The lowest BCUT2D eigenvalue weighted by molar-refractivity contribution is 1.04. The maximum absolute atomic E-state index is 5.69. The zero-order chi connectivity index (χ0) is 13.8. The molecule has 2 N–H and O–H groups in total. The van der Waals surface area contributed by atoms with E-state index in [0.29, 0.717) is 6.54 Å². The van der Waals surface area contributed by atoms with Crippen LogP contribution in [0.5, 0.6) is 0 Å². The molecule has 100 valence electrons. The predicted octanol–water partition coefficient (Wildman–Crippen LogP) is 4.25. The quantitative estimate of drug-likeness (QED) is 0.866. The average Bonchev–Trinajstić information content (AvgIpc) is 2.46. The number of hydrogen-bond acceptors (Lipinski definition) is 1. The third-order valence-electron chi connectivity index (χ3n) is 3.81. The van der Waals surface area contributed by atoms with Crippen molar-refractivity contribution < 1.29 is 0 Å². The fourth-order valence-electron chi connectivity index (χ4n) is 2.64. The molecule has 0 heterocycles. The minimum Gasteiger partial charge on any atom is -0.326 e. The van der Waals surface area contributed by atoms with Gasteiger partial charge in [-0.25, -0.2) is 0 Å². The topological polar surface area (TPSA) is 26.0 Å². The summed E-state index contributed by atoms with van der Waals surface area (Å²) < 4.78 is 0. The molecule has 0 spiro atoms. The SMILES string of the molecule is CCc1ccc(-c2ccc(CN)cc2C)cc1CC. The summed E-state index contributed by atoms with van der Waals surface area (Å²) in [6.07, 6.45) is 2.20. The lowest BCUT2D eigenvalue weighted by Gasteiger charge is -2.12. The van der Waals surface area contributed by atoms with Crippen molar-refractivity contribution in [1.29, 1.82) is 0 Å². The molecular weight excluding hydrogens is 230 g/mol. The van der Waals surface area contributed by atoms with Crippen LogP contribution in [-0.2, 0) is 19.4 Å². The Morgan fingerprint density at radius 3 is 2.21 bits per heavy atom. The Labute approximate surface area is 116 Å². The Balaban J connectivity index is 2.47. The molecule has 0 unspecified atom stereocenters. The van der Waals surface area contributed by atoms with Crippen molar-refractivity contribution in [1.82, 2.24) is 0 Å². The Kier molecular flexibility index (Phi) is 4.39. The van der Waals surface area contributed by atoms with Crippen molar-refractivity contribution in [3.63, 3.8) is 0 Å². The first-order valence-electron chi connectivity index (χ1n) is 7.11. The van der Waals surface area contributed by atoms with Crippen molar-refractivity contribution in [2.75, 3.05) is 0 Å². The van der Waals surface area contributed by atoms with Gasteiger partial charge >= 0.3 is 0 Å². The van der Waals surface area contributed by atoms with E-state index in [-0.39, 0.29) is 0 Å². The molecule has 1 nitrogen and oxygen atoms in total. The molecule has 2 aromatic rings. The zero-order valence-corrected chi connectivity index (χ0v) is 12.2. The third kappa shape index (κ3) is 2.87. The molecular formula is C18H23N. The van der Waals surface area contributed by atoms with E-state index in [1.807, 2.05) is 0 Å². The van der Waals surface area contributed by atoms with Crippen LogP contribution in [0, 0.1) is 6.92 Å². The lowest BCUT2D eigenvalue weighted by Crippen LogP contribution is -1.97. The summed E-state index contributed by atoms with van der Waals surface area (Å²) in [4.78, 5) is 0. The Hall–Kier alpha value is -1.60. The summed E-state index contributed by atoms with van der Waals surface area (Å²) in [5, 5.41) is 0. The third-order valence-corrected chi connectivity index (χ3v) is 3.81. The van der Waals surface area contributed by atoms with E-state index in [2.05, 4.69) is 57.2 Å². The maximum atomic E-state index is 5.69. The number of aryl methyl sites for hydroxylation is 3. The molecule has 0 saturated carbocycles. The standard InChI is InChI=1S/C18H23N/c1-4-15-7-8-17(11-16(15)5-2)18-9-6-14(12-19)10-13(18)3/h6-11H,4-5,12,19H2,1-3H3. The Morgan fingerprint density at radius 1 is 0.895 bits per heavy atom.